The van der Waals surface area contributed by atoms with E-state index in [0.29, 0.717) is 0 Å². The molecule has 0 radical (unpaired) electrons. The quantitative estimate of drug-likeness (QED) is 0.235. The Kier molecular flexibility index (Phi) is 11.3. The zero-order chi connectivity index (χ0) is 24.4. The van der Waals surface area contributed by atoms with E-state index in [9.17, 15) is 0 Å². The van der Waals surface area contributed by atoms with Gasteiger partial charge in [0, 0.05) is 0 Å². The van der Waals surface area contributed by atoms with Crippen LogP contribution in [0.2, 0.25) is 0 Å². The number of halogens is 2. The van der Waals surface area contributed by atoms with Gasteiger partial charge in [0.05, 0.1) is 34.2 Å². The van der Waals surface area contributed by atoms with Crippen molar-refractivity contribution in [3.63, 3.8) is 0 Å². The van der Waals surface area contributed by atoms with Crippen LogP contribution in [-0.2, 0) is 13.1 Å². The van der Waals surface area contributed by atoms with Crippen molar-refractivity contribution in [1.82, 2.24) is 4.98 Å². The van der Waals surface area contributed by atoms with E-state index >= 15 is 0 Å². The number of benzene rings is 2. The number of aromatic nitrogens is 1. The van der Waals surface area contributed by atoms with Crippen molar-refractivity contribution in [3.8, 4) is 0 Å². The van der Waals surface area contributed by atoms with E-state index in [4.69, 9.17) is 35.2 Å². The zero-order valence-corrected chi connectivity index (χ0v) is 22.6. The summed E-state index contributed by atoms with van der Waals surface area (Å²) in [6.45, 7) is 12.8. The SMILES string of the molecule is Cc1ccccc1N=C(c1cccc(C(=Nc2ccccc2C)C(C)C)n1)C(C)C.[Cl][Fe][Cl]. The normalized spacial score (nSPS) is 12.2. The van der Waals surface area contributed by atoms with Crippen LogP contribution in [-0.4, -0.2) is 16.4 Å². The molecule has 0 amide bonds. The third kappa shape index (κ3) is 8.08. The van der Waals surface area contributed by atoms with Gasteiger partial charge in [-0.1, -0.05) is 70.2 Å². The van der Waals surface area contributed by atoms with Crippen LogP contribution in [0.15, 0.2) is 76.7 Å². The van der Waals surface area contributed by atoms with Gasteiger partial charge in [-0.05, 0) is 61.1 Å². The Hall–Kier alpha value is -1.97. The Balaban J connectivity index is 0.00000122. The molecule has 0 bridgehead atoms. The minimum atomic E-state index is 0.194. The van der Waals surface area contributed by atoms with Crippen molar-refractivity contribution in [2.45, 2.75) is 41.5 Å². The van der Waals surface area contributed by atoms with Crippen molar-refractivity contribution in [3.05, 3.63) is 89.2 Å². The topological polar surface area (TPSA) is 37.6 Å². The minimum absolute atomic E-state index is 0.194. The molecule has 0 N–H and O–H groups in total. The number of hydrogen-bond acceptors (Lipinski definition) is 3. The molecule has 0 saturated heterocycles. The molecule has 0 spiro atoms. The Labute approximate surface area is 213 Å². The van der Waals surface area contributed by atoms with Gasteiger partial charge >= 0.3 is 33.3 Å². The molecule has 1 aromatic heterocycles. The summed E-state index contributed by atoms with van der Waals surface area (Å²) in [5, 5.41) is 0. The molecule has 0 aliphatic rings. The van der Waals surface area contributed by atoms with Crippen LogP contribution in [0.1, 0.15) is 50.2 Å². The number of rotatable bonds is 6. The molecule has 1 heterocycles. The molecule has 0 aliphatic carbocycles. The summed E-state index contributed by atoms with van der Waals surface area (Å²) >= 11 is 0.194. The molecule has 0 atom stereocenters. The van der Waals surface area contributed by atoms with E-state index in [-0.39, 0.29) is 25.0 Å². The summed E-state index contributed by atoms with van der Waals surface area (Å²) in [6.07, 6.45) is 0. The monoisotopic (exact) mass is 523 g/mol. The van der Waals surface area contributed by atoms with E-state index in [1.54, 1.807) is 0 Å². The molecule has 0 aliphatic heterocycles. The van der Waals surface area contributed by atoms with Gasteiger partial charge in [0.1, 0.15) is 0 Å². The van der Waals surface area contributed by atoms with Crippen molar-refractivity contribution >= 4 is 43.0 Å². The van der Waals surface area contributed by atoms with Crippen LogP contribution in [0.3, 0.4) is 0 Å². The first-order valence-corrected chi connectivity index (χ1v) is 13.9. The second-order valence-corrected chi connectivity index (χ2v) is 10.2. The maximum absolute atomic E-state index is 5.01. The van der Waals surface area contributed by atoms with Gasteiger partial charge in [-0.2, -0.15) is 0 Å². The van der Waals surface area contributed by atoms with Gasteiger partial charge in [0.25, 0.3) is 0 Å². The van der Waals surface area contributed by atoms with Crippen LogP contribution < -0.4 is 0 Å². The van der Waals surface area contributed by atoms with E-state index < -0.39 is 0 Å². The number of aliphatic imine (C=N–C) groups is 2. The summed E-state index contributed by atoms with van der Waals surface area (Å²) in [4.78, 5) is 15.0. The molecule has 2 aromatic carbocycles. The van der Waals surface area contributed by atoms with Crippen molar-refractivity contribution < 1.29 is 13.1 Å². The molecule has 176 valence electrons. The Morgan fingerprint density at radius 1 is 0.667 bits per heavy atom. The van der Waals surface area contributed by atoms with Gasteiger partial charge < -0.3 is 0 Å². The average Bonchev–Trinajstić information content (AvgIpc) is 2.78. The van der Waals surface area contributed by atoms with E-state index in [1.165, 1.54) is 0 Å². The second kappa shape index (κ2) is 13.7. The number of para-hydroxylation sites is 2. The molecular formula is C27H31Cl2FeN3. The molecule has 0 fully saturated rings. The fourth-order valence-corrected chi connectivity index (χ4v) is 3.32. The molecule has 3 nitrogen and oxygen atoms in total. The number of pyridine rings is 1. The number of aryl methyl sites for hydroxylation is 2. The van der Waals surface area contributed by atoms with E-state index in [2.05, 4.69) is 71.9 Å². The van der Waals surface area contributed by atoms with Gasteiger partial charge in [-0.3, -0.25) is 9.98 Å². The van der Waals surface area contributed by atoms with Crippen LogP contribution in [0.5, 0.6) is 0 Å². The summed E-state index contributed by atoms with van der Waals surface area (Å²) in [6, 6.07) is 22.6. The van der Waals surface area contributed by atoms with Crippen LogP contribution >= 0.6 is 20.2 Å². The predicted molar refractivity (Wildman–Crippen MR) is 140 cm³/mol. The third-order valence-corrected chi connectivity index (χ3v) is 5.08. The second-order valence-electron chi connectivity index (χ2n) is 8.34. The van der Waals surface area contributed by atoms with Gasteiger partial charge in [-0.25, -0.2) is 4.98 Å². The molecule has 33 heavy (non-hydrogen) atoms. The van der Waals surface area contributed by atoms with E-state index in [1.807, 2.05) is 36.4 Å². The van der Waals surface area contributed by atoms with Crippen LogP contribution in [0, 0.1) is 25.7 Å². The van der Waals surface area contributed by atoms with Gasteiger partial charge in [0.2, 0.25) is 0 Å². The third-order valence-electron chi connectivity index (χ3n) is 5.08. The standard InChI is InChI=1S/C27H31N3.2ClH.Fe/c1-18(2)26(29-22-14-9-7-12-20(22)5)24-16-11-17-25(28-24)27(19(3)4)30-23-15-10-8-13-21(23)6;;;/h7-19H,1-6H3;2*1H;/q;;;+2/p-2. The van der Waals surface area contributed by atoms with Gasteiger partial charge in [0.15, 0.2) is 0 Å². The first kappa shape index (κ1) is 27.3. The fourth-order valence-electron chi connectivity index (χ4n) is 3.32. The first-order chi connectivity index (χ1) is 15.8. The summed E-state index contributed by atoms with van der Waals surface area (Å²) in [5.41, 5.74) is 8.10. The maximum atomic E-state index is 5.01. The Morgan fingerprint density at radius 3 is 1.36 bits per heavy atom. The van der Waals surface area contributed by atoms with Crippen molar-refractivity contribution in [2.75, 3.05) is 0 Å². The molecule has 0 unspecified atom stereocenters. The number of hydrogen-bond donors (Lipinski definition) is 0. The fraction of sp³-hybridized carbons (Fsp3) is 0.296. The summed E-state index contributed by atoms with van der Waals surface area (Å²) < 4.78 is 0. The Bertz CT molecular complexity index is 1030. The number of nitrogens with zero attached hydrogens (tertiary/aromatic N) is 3. The van der Waals surface area contributed by atoms with Crippen molar-refractivity contribution in [1.29, 1.82) is 0 Å². The van der Waals surface area contributed by atoms with E-state index in [0.717, 1.165) is 45.3 Å². The Morgan fingerprint density at radius 2 is 1.03 bits per heavy atom. The molecule has 3 rings (SSSR count). The van der Waals surface area contributed by atoms with Crippen LogP contribution in [0.4, 0.5) is 11.4 Å². The molecule has 6 heteroatoms. The average molecular weight is 524 g/mol. The summed E-state index contributed by atoms with van der Waals surface area (Å²) in [7, 11) is 9.53. The van der Waals surface area contributed by atoms with Crippen molar-refractivity contribution in [2.24, 2.45) is 21.8 Å². The van der Waals surface area contributed by atoms with Gasteiger partial charge in [-0.15, -0.1) is 0 Å². The molecule has 3 aromatic rings. The summed E-state index contributed by atoms with van der Waals surface area (Å²) in [5.74, 6) is 0.506. The predicted octanol–water partition coefficient (Wildman–Crippen LogP) is 8.63. The zero-order valence-electron chi connectivity index (χ0n) is 20.0. The molecule has 0 saturated carbocycles. The van der Waals surface area contributed by atoms with Crippen LogP contribution in [0.25, 0.3) is 0 Å². The first-order valence-electron chi connectivity index (χ1n) is 10.9. The molecular weight excluding hydrogens is 493 g/mol.